The molecule has 6 nitrogen and oxygen atoms in total. The van der Waals surface area contributed by atoms with Crippen LogP contribution >= 0.6 is 24.0 Å². The van der Waals surface area contributed by atoms with E-state index in [-0.39, 0.29) is 11.0 Å². The molecule has 0 fully saturated rings. The van der Waals surface area contributed by atoms with Crippen LogP contribution < -0.4 is 9.47 Å². The summed E-state index contributed by atoms with van der Waals surface area (Å²) in [6, 6.07) is 36.3. The average Bonchev–Trinajstić information content (AvgIpc) is 3.67. The minimum Gasteiger partial charge on any atom is -0.487 e. The summed E-state index contributed by atoms with van der Waals surface area (Å²) in [6.07, 6.45) is 0. The Kier molecular flexibility index (Phi) is 8.30. The molecule has 0 aliphatic carbocycles. The maximum Gasteiger partial charge on any atom is 0.193 e. The summed E-state index contributed by atoms with van der Waals surface area (Å²) in [5, 5.41) is 3.06. The van der Waals surface area contributed by atoms with Gasteiger partial charge in [0.1, 0.15) is 30.5 Å². The van der Waals surface area contributed by atoms with E-state index in [1.807, 2.05) is 92.8 Å². The molecule has 0 saturated heterocycles. The second-order valence-electron chi connectivity index (χ2n) is 11.1. The molecule has 7 aromatic rings. The van der Waals surface area contributed by atoms with Crippen molar-refractivity contribution in [3.8, 4) is 33.8 Å². The monoisotopic (exact) mass is 641 g/mol. The van der Waals surface area contributed by atoms with Crippen LogP contribution in [0.1, 0.15) is 29.2 Å². The Morgan fingerprint density at radius 2 is 1.43 bits per heavy atom. The number of imidazole rings is 1. The van der Waals surface area contributed by atoms with Gasteiger partial charge in [-0.05, 0) is 72.0 Å². The van der Waals surface area contributed by atoms with E-state index in [2.05, 4.69) is 52.9 Å². The van der Waals surface area contributed by atoms with E-state index in [0.29, 0.717) is 13.2 Å². The number of thiophene rings is 1. The molecule has 46 heavy (non-hydrogen) atoms. The van der Waals surface area contributed by atoms with Gasteiger partial charge in [0.25, 0.3) is 0 Å². The summed E-state index contributed by atoms with van der Waals surface area (Å²) in [7, 11) is 2.00. The van der Waals surface area contributed by atoms with Crippen molar-refractivity contribution in [3.05, 3.63) is 131 Å². The zero-order chi connectivity index (χ0) is 31.6. The van der Waals surface area contributed by atoms with E-state index in [9.17, 15) is 4.79 Å². The average molecular weight is 642 g/mol. The highest BCUT2D eigenvalue weighted by Gasteiger charge is 2.23. The normalized spacial score (nSPS) is 12.0. The Morgan fingerprint density at radius 3 is 2.15 bits per heavy atom. The second kappa shape index (κ2) is 12.8. The molecule has 0 N–H and O–H groups in total. The van der Waals surface area contributed by atoms with Crippen LogP contribution in [0.4, 0.5) is 0 Å². The van der Waals surface area contributed by atoms with Crippen molar-refractivity contribution in [2.45, 2.75) is 26.1 Å². The van der Waals surface area contributed by atoms with Crippen molar-refractivity contribution in [1.82, 2.24) is 14.5 Å². The molecule has 228 valence electrons. The molecule has 8 heteroatoms. The minimum absolute atomic E-state index is 0.164. The van der Waals surface area contributed by atoms with E-state index in [1.165, 1.54) is 0 Å². The molecule has 3 aromatic heterocycles. The van der Waals surface area contributed by atoms with Gasteiger partial charge in [0.2, 0.25) is 0 Å². The first-order valence-corrected chi connectivity index (χ1v) is 16.3. The predicted molar refractivity (Wildman–Crippen MR) is 189 cm³/mol. The number of pyridine rings is 1. The van der Waals surface area contributed by atoms with E-state index >= 15 is 0 Å². The molecule has 0 amide bonds. The Morgan fingerprint density at radius 1 is 0.783 bits per heavy atom. The molecule has 0 aliphatic rings. The lowest BCUT2D eigenvalue weighted by molar-refractivity contribution is -0.111. The molecule has 1 unspecified atom stereocenters. The number of para-hydroxylation sites is 3. The van der Waals surface area contributed by atoms with Crippen molar-refractivity contribution in [3.63, 3.8) is 0 Å². The van der Waals surface area contributed by atoms with Gasteiger partial charge in [0, 0.05) is 28.4 Å². The first-order chi connectivity index (χ1) is 22.4. The predicted octanol–water partition coefficient (Wildman–Crippen LogP) is 9.23. The molecule has 3 heterocycles. The van der Waals surface area contributed by atoms with Crippen LogP contribution in [-0.4, -0.2) is 19.7 Å². The smallest absolute Gasteiger partial charge is 0.193 e. The number of ether oxygens (including phenoxy) is 2. The molecule has 1 atom stereocenters. The summed E-state index contributed by atoms with van der Waals surface area (Å²) < 4.78 is 14.3. The summed E-state index contributed by atoms with van der Waals surface area (Å²) >= 11 is 5.75. The van der Waals surface area contributed by atoms with E-state index in [4.69, 9.17) is 19.4 Å². The summed E-state index contributed by atoms with van der Waals surface area (Å²) in [5.74, 6) is 2.02. The van der Waals surface area contributed by atoms with Crippen molar-refractivity contribution in [2.75, 3.05) is 0 Å². The fraction of sp³-hybridized carbons (Fsp3) is 0.132. The minimum atomic E-state index is -0.345. The van der Waals surface area contributed by atoms with Gasteiger partial charge in [-0.15, -0.1) is 24.0 Å². The van der Waals surface area contributed by atoms with E-state index in [0.717, 1.165) is 72.1 Å². The molecular formula is C38H31N3O3S2. The van der Waals surface area contributed by atoms with Crippen molar-refractivity contribution in [1.29, 1.82) is 0 Å². The lowest BCUT2D eigenvalue weighted by atomic mass is 9.93. The molecule has 0 saturated carbocycles. The molecule has 4 aromatic carbocycles. The topological polar surface area (TPSA) is 66.2 Å². The van der Waals surface area contributed by atoms with Crippen molar-refractivity contribution >= 4 is 51.0 Å². The fourth-order valence-corrected chi connectivity index (χ4v) is 6.95. The molecule has 0 aliphatic heterocycles. The van der Waals surface area contributed by atoms with Gasteiger partial charge in [0.15, 0.2) is 5.12 Å². The van der Waals surface area contributed by atoms with Crippen LogP contribution in [0.5, 0.6) is 11.5 Å². The number of aryl methyl sites for hydroxylation is 1. The summed E-state index contributed by atoms with van der Waals surface area (Å²) in [4.78, 5) is 22.8. The van der Waals surface area contributed by atoms with Crippen LogP contribution in [0.3, 0.4) is 0 Å². The van der Waals surface area contributed by atoms with E-state index < -0.39 is 0 Å². The number of thiol groups is 1. The number of carbonyl (C=O) groups excluding carboxylic acids is 1. The largest absolute Gasteiger partial charge is 0.487 e. The Hall–Kier alpha value is -4.92. The summed E-state index contributed by atoms with van der Waals surface area (Å²) in [5.41, 5.74) is 7.97. The van der Waals surface area contributed by atoms with Crippen LogP contribution in [0.2, 0.25) is 0 Å². The van der Waals surface area contributed by atoms with Crippen LogP contribution in [0.25, 0.3) is 44.2 Å². The molecule has 0 spiro atoms. The third-order valence-electron chi connectivity index (χ3n) is 8.18. The number of benzene rings is 4. The van der Waals surface area contributed by atoms with Gasteiger partial charge in [-0.1, -0.05) is 60.7 Å². The van der Waals surface area contributed by atoms with Gasteiger partial charge in [0.05, 0.1) is 28.2 Å². The zero-order valence-corrected chi connectivity index (χ0v) is 27.1. The Labute approximate surface area is 276 Å². The van der Waals surface area contributed by atoms with Crippen LogP contribution in [0, 0.1) is 0 Å². The molecule has 7 rings (SSSR count). The van der Waals surface area contributed by atoms with Gasteiger partial charge in [-0.2, -0.15) is 0 Å². The fourth-order valence-electron chi connectivity index (χ4n) is 5.58. The van der Waals surface area contributed by atoms with Crippen LogP contribution in [-0.2, 0) is 25.1 Å². The highest BCUT2D eigenvalue weighted by molar-refractivity contribution is 7.96. The standard InChI is InChI=1S/C38H31N3O3S2/c1-24(38(42)45)37-36(27-14-19-30(20-15-27)44-22-35-40-33-9-5-6-10-34(33)41(35)2)31(23-46-37)25-12-17-29(18-13-25)43-21-28-16-11-26-7-3-4-8-32(26)39-28/h3-20,23-24H,21-22H2,1-2H3,(H,42,45). The Balaban J connectivity index is 1.11. The number of carbonyl (C=O) groups is 1. The number of nitrogens with zero attached hydrogens (tertiary/aromatic N) is 3. The van der Waals surface area contributed by atoms with Gasteiger partial charge in [-0.3, -0.25) is 4.79 Å². The lowest BCUT2D eigenvalue weighted by Gasteiger charge is -2.13. The summed E-state index contributed by atoms with van der Waals surface area (Å²) in [6.45, 7) is 2.64. The number of rotatable bonds is 10. The molecular weight excluding hydrogens is 611 g/mol. The van der Waals surface area contributed by atoms with Crippen molar-refractivity contribution < 1.29 is 14.3 Å². The molecule has 0 radical (unpaired) electrons. The second-order valence-corrected chi connectivity index (χ2v) is 12.5. The maximum absolute atomic E-state index is 12.4. The van der Waals surface area contributed by atoms with Gasteiger partial charge < -0.3 is 14.0 Å². The maximum atomic E-state index is 12.4. The number of hydrogen-bond acceptors (Lipinski definition) is 6. The number of hydrogen-bond donors (Lipinski definition) is 1. The zero-order valence-electron chi connectivity index (χ0n) is 25.4. The highest BCUT2D eigenvalue weighted by atomic mass is 32.1. The third kappa shape index (κ3) is 6.01. The SMILES string of the molecule is CC(C(=O)S)c1scc(-c2ccc(OCc3ccc4ccccc4n3)cc2)c1-c1ccc(OCc2nc3ccccc3n2C)cc1. The van der Waals surface area contributed by atoms with Crippen LogP contribution in [0.15, 0.2) is 115 Å². The lowest BCUT2D eigenvalue weighted by Crippen LogP contribution is -2.03. The molecule has 0 bridgehead atoms. The van der Waals surface area contributed by atoms with E-state index in [1.54, 1.807) is 11.3 Å². The first kappa shape index (κ1) is 29.8. The van der Waals surface area contributed by atoms with Gasteiger partial charge in [-0.25, -0.2) is 9.97 Å². The highest BCUT2D eigenvalue weighted by Crippen LogP contribution is 2.44. The van der Waals surface area contributed by atoms with Crippen molar-refractivity contribution in [2.24, 2.45) is 7.05 Å². The number of aromatic nitrogens is 3. The number of fused-ring (bicyclic) bond motifs is 2. The third-order valence-corrected chi connectivity index (χ3v) is 9.73. The van der Waals surface area contributed by atoms with Gasteiger partial charge >= 0.3 is 0 Å². The Bertz CT molecular complexity index is 2170. The first-order valence-electron chi connectivity index (χ1n) is 15.0. The quantitative estimate of drug-likeness (QED) is 0.151.